The van der Waals surface area contributed by atoms with Crippen molar-refractivity contribution in [3.05, 3.63) is 45.5 Å². The number of carbonyl (C=O) groups excluding carboxylic acids is 1. The predicted octanol–water partition coefficient (Wildman–Crippen LogP) is 4.16. The highest BCUT2D eigenvalue weighted by Gasteiger charge is 2.32. The third kappa shape index (κ3) is 3.76. The van der Waals surface area contributed by atoms with Crippen molar-refractivity contribution >= 4 is 54.9 Å². The van der Waals surface area contributed by atoms with Crippen molar-refractivity contribution in [1.82, 2.24) is 14.9 Å². The average molecular weight is 473 g/mol. The van der Waals surface area contributed by atoms with E-state index in [1.54, 1.807) is 17.7 Å². The largest absolute Gasteiger partial charge is 0.378 e. The molecule has 29 heavy (non-hydrogen) atoms. The van der Waals surface area contributed by atoms with Crippen LogP contribution in [-0.2, 0) is 22.4 Å². The van der Waals surface area contributed by atoms with Crippen LogP contribution in [0.1, 0.15) is 16.9 Å². The molecular formula is C21H21BrN4O2S. The maximum Gasteiger partial charge on any atom is 0.226 e. The van der Waals surface area contributed by atoms with Gasteiger partial charge in [0.05, 0.1) is 18.6 Å². The van der Waals surface area contributed by atoms with Crippen LogP contribution in [0.4, 0.5) is 11.5 Å². The molecule has 1 amide bonds. The number of aryl methyl sites for hydroxylation is 1. The van der Waals surface area contributed by atoms with Crippen LogP contribution in [0.3, 0.4) is 0 Å². The number of hydrogen-bond acceptors (Lipinski definition) is 6. The fraction of sp³-hybridized carbons (Fsp3) is 0.381. The van der Waals surface area contributed by atoms with Gasteiger partial charge in [-0.25, -0.2) is 9.97 Å². The molecule has 1 aliphatic carbocycles. The van der Waals surface area contributed by atoms with Crippen LogP contribution in [0, 0.1) is 5.92 Å². The molecule has 5 rings (SSSR count). The van der Waals surface area contributed by atoms with Crippen LogP contribution < -0.4 is 5.32 Å². The lowest BCUT2D eigenvalue weighted by atomic mass is 9.86. The van der Waals surface area contributed by atoms with Gasteiger partial charge in [-0.3, -0.25) is 4.79 Å². The molecule has 1 fully saturated rings. The number of benzene rings is 1. The molecule has 1 aromatic carbocycles. The summed E-state index contributed by atoms with van der Waals surface area (Å²) in [5, 5.41) is 4.55. The second-order valence-electron chi connectivity index (χ2n) is 7.42. The Balaban J connectivity index is 1.43. The summed E-state index contributed by atoms with van der Waals surface area (Å²) in [4.78, 5) is 26.2. The molecule has 3 heterocycles. The van der Waals surface area contributed by atoms with Crippen LogP contribution in [0.15, 0.2) is 35.1 Å². The quantitative estimate of drug-likeness (QED) is 0.619. The first-order valence-electron chi connectivity index (χ1n) is 9.83. The summed E-state index contributed by atoms with van der Waals surface area (Å²) in [6.07, 6.45) is 4.17. The Bertz CT molecular complexity index is 1060. The lowest BCUT2D eigenvalue weighted by Crippen LogP contribution is -2.44. The highest BCUT2D eigenvalue weighted by atomic mass is 79.9. The standard InChI is InChI=1S/C21H21BrN4O2S/c22-14-2-1-3-15(11-14)25-19-18-16-5-4-13(21(27)26-6-8-28-9-7-26)10-17(16)29-20(18)24-12-23-19/h1-3,11-13H,4-10H2,(H,23,24,25). The highest BCUT2D eigenvalue weighted by molar-refractivity contribution is 9.10. The van der Waals surface area contributed by atoms with Gasteiger partial charge in [-0.15, -0.1) is 11.3 Å². The van der Waals surface area contributed by atoms with E-state index in [1.165, 1.54) is 10.4 Å². The molecule has 0 bridgehead atoms. The number of carbonyl (C=O) groups is 1. The Morgan fingerprint density at radius 3 is 2.97 bits per heavy atom. The van der Waals surface area contributed by atoms with Crippen molar-refractivity contribution in [2.24, 2.45) is 5.92 Å². The van der Waals surface area contributed by atoms with Gasteiger partial charge in [-0.1, -0.05) is 22.0 Å². The molecule has 1 unspecified atom stereocenters. The summed E-state index contributed by atoms with van der Waals surface area (Å²) in [7, 11) is 0. The number of nitrogens with zero attached hydrogens (tertiary/aromatic N) is 3. The molecular weight excluding hydrogens is 452 g/mol. The van der Waals surface area contributed by atoms with Crippen molar-refractivity contribution in [2.75, 3.05) is 31.6 Å². The number of nitrogens with one attached hydrogen (secondary N) is 1. The first-order valence-corrected chi connectivity index (χ1v) is 11.4. The number of aromatic nitrogens is 2. The van der Waals surface area contributed by atoms with Crippen molar-refractivity contribution in [3.63, 3.8) is 0 Å². The predicted molar refractivity (Wildman–Crippen MR) is 118 cm³/mol. The topological polar surface area (TPSA) is 67.4 Å². The number of fused-ring (bicyclic) bond motifs is 3. The summed E-state index contributed by atoms with van der Waals surface area (Å²) in [5.74, 6) is 1.17. The monoisotopic (exact) mass is 472 g/mol. The van der Waals surface area contributed by atoms with Gasteiger partial charge < -0.3 is 15.0 Å². The third-order valence-electron chi connectivity index (χ3n) is 5.60. The maximum absolute atomic E-state index is 12.9. The van der Waals surface area contributed by atoms with Gasteiger partial charge in [0, 0.05) is 34.0 Å². The van der Waals surface area contributed by atoms with Crippen molar-refractivity contribution in [2.45, 2.75) is 19.3 Å². The minimum absolute atomic E-state index is 0.0584. The number of ether oxygens (including phenoxy) is 1. The van der Waals surface area contributed by atoms with E-state index in [0.717, 1.165) is 45.5 Å². The number of amides is 1. The Hall–Kier alpha value is -2.03. The molecule has 2 aliphatic rings. The molecule has 3 aromatic rings. The summed E-state index contributed by atoms with van der Waals surface area (Å²) in [6.45, 7) is 2.71. The zero-order chi connectivity index (χ0) is 19.8. The van der Waals surface area contributed by atoms with Crippen molar-refractivity contribution in [3.8, 4) is 0 Å². The fourth-order valence-electron chi connectivity index (χ4n) is 4.16. The first-order chi connectivity index (χ1) is 14.2. The van der Waals surface area contributed by atoms with Gasteiger partial charge in [0.25, 0.3) is 0 Å². The molecule has 0 spiro atoms. The van der Waals surface area contributed by atoms with Crippen LogP contribution >= 0.6 is 27.3 Å². The van der Waals surface area contributed by atoms with Crippen LogP contribution in [-0.4, -0.2) is 47.1 Å². The van der Waals surface area contributed by atoms with Gasteiger partial charge >= 0.3 is 0 Å². The SMILES string of the molecule is O=C(C1CCc2c(sc3ncnc(Nc4cccc(Br)c4)c23)C1)N1CCOCC1. The van der Waals surface area contributed by atoms with Crippen molar-refractivity contribution in [1.29, 1.82) is 0 Å². The Morgan fingerprint density at radius 2 is 2.14 bits per heavy atom. The molecule has 150 valence electrons. The average Bonchev–Trinajstić information content (AvgIpc) is 3.12. The molecule has 0 saturated carbocycles. The smallest absolute Gasteiger partial charge is 0.226 e. The number of rotatable bonds is 3. The lowest BCUT2D eigenvalue weighted by molar-refractivity contribution is -0.140. The number of thiophene rings is 1. The van der Waals surface area contributed by atoms with E-state index in [-0.39, 0.29) is 11.8 Å². The minimum Gasteiger partial charge on any atom is -0.378 e. The van der Waals surface area contributed by atoms with Gasteiger partial charge in [-0.2, -0.15) is 0 Å². The van der Waals surface area contributed by atoms with Gasteiger partial charge in [0.2, 0.25) is 5.91 Å². The second-order valence-corrected chi connectivity index (χ2v) is 9.42. The minimum atomic E-state index is 0.0584. The zero-order valence-electron chi connectivity index (χ0n) is 15.9. The molecule has 1 atom stereocenters. The molecule has 8 heteroatoms. The summed E-state index contributed by atoms with van der Waals surface area (Å²) in [6, 6.07) is 8.05. The molecule has 0 radical (unpaired) electrons. The fourth-order valence-corrected chi connectivity index (χ4v) is 5.83. The summed E-state index contributed by atoms with van der Waals surface area (Å²) >= 11 is 5.22. The molecule has 1 saturated heterocycles. The first kappa shape index (κ1) is 19.0. The zero-order valence-corrected chi connectivity index (χ0v) is 18.3. The Labute approximate surface area is 181 Å². The van der Waals surface area contributed by atoms with E-state index in [9.17, 15) is 4.79 Å². The third-order valence-corrected chi connectivity index (χ3v) is 7.26. The van der Waals surface area contributed by atoms with E-state index < -0.39 is 0 Å². The van der Waals surface area contributed by atoms with Gasteiger partial charge in [0.1, 0.15) is 17.0 Å². The maximum atomic E-state index is 12.9. The molecule has 1 N–H and O–H groups in total. The number of halogens is 1. The second kappa shape index (κ2) is 8.01. The number of morpholine rings is 1. The van der Waals surface area contributed by atoms with E-state index in [4.69, 9.17) is 4.74 Å². The summed E-state index contributed by atoms with van der Waals surface area (Å²) in [5.41, 5.74) is 2.28. The van der Waals surface area contributed by atoms with Crippen molar-refractivity contribution < 1.29 is 9.53 Å². The van der Waals surface area contributed by atoms with Gasteiger partial charge in [-0.05, 0) is 43.0 Å². The van der Waals surface area contributed by atoms with Gasteiger partial charge in [0.15, 0.2) is 0 Å². The molecule has 1 aliphatic heterocycles. The molecule has 2 aromatic heterocycles. The van der Waals surface area contributed by atoms with E-state index in [0.29, 0.717) is 26.3 Å². The van der Waals surface area contributed by atoms with Crippen LogP contribution in [0.2, 0.25) is 0 Å². The highest BCUT2D eigenvalue weighted by Crippen LogP contribution is 2.40. The Kier molecular flexibility index (Phi) is 5.24. The van der Waals surface area contributed by atoms with E-state index >= 15 is 0 Å². The number of anilines is 2. The normalized spacial score (nSPS) is 19.2. The molecule has 6 nitrogen and oxygen atoms in total. The summed E-state index contributed by atoms with van der Waals surface area (Å²) < 4.78 is 6.40. The Morgan fingerprint density at radius 1 is 1.28 bits per heavy atom. The van der Waals surface area contributed by atoms with E-state index in [1.807, 2.05) is 29.2 Å². The van der Waals surface area contributed by atoms with E-state index in [2.05, 4.69) is 31.2 Å². The van der Waals surface area contributed by atoms with Crippen LogP contribution in [0.5, 0.6) is 0 Å². The van der Waals surface area contributed by atoms with Crippen LogP contribution in [0.25, 0.3) is 10.2 Å². The lowest BCUT2D eigenvalue weighted by Gasteiger charge is -2.31. The number of hydrogen-bond donors (Lipinski definition) is 1.